The van der Waals surface area contributed by atoms with Gasteiger partial charge in [0.2, 0.25) is 0 Å². The lowest BCUT2D eigenvalue weighted by molar-refractivity contribution is -0.0444. The second kappa shape index (κ2) is 7.45. The zero-order valence-corrected chi connectivity index (χ0v) is 11.1. The molecule has 0 saturated carbocycles. The van der Waals surface area contributed by atoms with Crippen LogP contribution in [-0.4, -0.2) is 52.4 Å². The van der Waals surface area contributed by atoms with Gasteiger partial charge in [-0.1, -0.05) is 0 Å². The summed E-state index contributed by atoms with van der Waals surface area (Å²) in [7, 11) is -2.92. The van der Waals surface area contributed by atoms with Crippen LogP contribution in [-0.2, 0) is 19.3 Å². The largest absolute Gasteiger partial charge is 0.378 e. The fraction of sp³-hybridized carbons (Fsp3) is 1.00. The smallest absolute Gasteiger partial charge is 0.149 e. The lowest BCUT2D eigenvalue weighted by Crippen LogP contribution is -2.37. The SMILES string of the molecule is CS(=O)(=O)CCOCC1CC[C@H](N)CO1.Cl. The van der Waals surface area contributed by atoms with Crippen molar-refractivity contribution >= 4 is 22.2 Å². The van der Waals surface area contributed by atoms with E-state index in [4.69, 9.17) is 15.2 Å². The van der Waals surface area contributed by atoms with E-state index >= 15 is 0 Å². The van der Waals surface area contributed by atoms with Crippen LogP contribution in [0.25, 0.3) is 0 Å². The highest BCUT2D eigenvalue weighted by molar-refractivity contribution is 7.90. The van der Waals surface area contributed by atoms with Gasteiger partial charge in [0.1, 0.15) is 9.84 Å². The summed E-state index contributed by atoms with van der Waals surface area (Å²) in [6.07, 6.45) is 3.11. The van der Waals surface area contributed by atoms with Gasteiger partial charge in [0, 0.05) is 12.3 Å². The average Bonchev–Trinajstić information content (AvgIpc) is 2.14. The first kappa shape index (κ1) is 16.1. The first-order chi connectivity index (χ1) is 6.97. The van der Waals surface area contributed by atoms with Gasteiger partial charge in [0.05, 0.1) is 31.7 Å². The van der Waals surface area contributed by atoms with Gasteiger partial charge in [0.25, 0.3) is 0 Å². The van der Waals surface area contributed by atoms with Crippen molar-refractivity contribution in [3.8, 4) is 0 Å². The average molecular weight is 274 g/mol. The van der Waals surface area contributed by atoms with Gasteiger partial charge in [-0.05, 0) is 12.8 Å². The summed E-state index contributed by atoms with van der Waals surface area (Å²) in [5, 5.41) is 0. The molecule has 1 unspecified atom stereocenters. The molecule has 2 atom stereocenters. The van der Waals surface area contributed by atoms with Crippen LogP contribution in [0.2, 0.25) is 0 Å². The Morgan fingerprint density at radius 2 is 2.12 bits per heavy atom. The molecule has 1 aliphatic heterocycles. The van der Waals surface area contributed by atoms with Crippen molar-refractivity contribution in [2.75, 3.05) is 31.8 Å². The fourth-order valence-corrected chi connectivity index (χ4v) is 1.80. The Kier molecular flexibility index (Phi) is 7.50. The number of nitrogens with two attached hydrogens (primary N) is 1. The summed E-state index contributed by atoms with van der Waals surface area (Å²) in [6, 6.07) is 0.136. The molecule has 0 aromatic carbocycles. The van der Waals surface area contributed by atoms with Crippen LogP contribution in [0.5, 0.6) is 0 Å². The summed E-state index contributed by atoms with van der Waals surface area (Å²) >= 11 is 0. The molecule has 16 heavy (non-hydrogen) atoms. The Morgan fingerprint density at radius 1 is 1.44 bits per heavy atom. The summed E-state index contributed by atoms with van der Waals surface area (Å²) in [5.41, 5.74) is 5.66. The summed E-state index contributed by atoms with van der Waals surface area (Å²) in [6.45, 7) is 1.27. The molecular weight excluding hydrogens is 254 g/mol. The maximum atomic E-state index is 10.8. The molecule has 0 bridgehead atoms. The molecule has 0 aliphatic carbocycles. The van der Waals surface area contributed by atoms with Crippen molar-refractivity contribution in [1.82, 2.24) is 0 Å². The highest BCUT2D eigenvalue weighted by Crippen LogP contribution is 2.12. The molecule has 0 spiro atoms. The Morgan fingerprint density at radius 3 is 2.62 bits per heavy atom. The molecule has 1 fully saturated rings. The van der Waals surface area contributed by atoms with E-state index in [-0.39, 0.29) is 36.9 Å². The molecule has 0 radical (unpaired) electrons. The lowest BCUT2D eigenvalue weighted by atomic mass is 10.1. The molecule has 1 saturated heterocycles. The number of ether oxygens (including phenoxy) is 2. The third-order valence-electron chi connectivity index (χ3n) is 2.31. The number of rotatable bonds is 5. The Hall–Kier alpha value is 0.120. The van der Waals surface area contributed by atoms with Gasteiger partial charge in [0.15, 0.2) is 0 Å². The maximum Gasteiger partial charge on any atom is 0.149 e. The van der Waals surface area contributed by atoms with E-state index in [1.54, 1.807) is 0 Å². The monoisotopic (exact) mass is 273 g/mol. The van der Waals surface area contributed by atoms with Crippen LogP contribution in [0.4, 0.5) is 0 Å². The van der Waals surface area contributed by atoms with Gasteiger partial charge in [-0.25, -0.2) is 8.42 Å². The topological polar surface area (TPSA) is 78.6 Å². The summed E-state index contributed by atoms with van der Waals surface area (Å²) < 4.78 is 32.3. The van der Waals surface area contributed by atoms with E-state index in [1.165, 1.54) is 6.26 Å². The van der Waals surface area contributed by atoms with Gasteiger partial charge < -0.3 is 15.2 Å². The zero-order valence-electron chi connectivity index (χ0n) is 9.42. The quantitative estimate of drug-likeness (QED) is 0.712. The van der Waals surface area contributed by atoms with Gasteiger partial charge in [-0.15, -0.1) is 12.4 Å². The van der Waals surface area contributed by atoms with Crippen LogP contribution in [0, 0.1) is 0 Å². The number of hydrogen-bond donors (Lipinski definition) is 1. The number of hydrogen-bond acceptors (Lipinski definition) is 5. The van der Waals surface area contributed by atoms with Gasteiger partial charge in [-0.2, -0.15) is 0 Å². The van der Waals surface area contributed by atoms with Crippen molar-refractivity contribution in [2.45, 2.75) is 25.0 Å². The minimum absolute atomic E-state index is 0. The van der Waals surface area contributed by atoms with E-state index in [1.807, 2.05) is 0 Å². The molecule has 1 rings (SSSR count). The molecular formula is C9H20ClNO4S. The highest BCUT2D eigenvalue weighted by atomic mass is 35.5. The maximum absolute atomic E-state index is 10.8. The summed E-state index contributed by atoms with van der Waals surface area (Å²) in [4.78, 5) is 0. The second-order valence-corrected chi connectivity index (χ2v) is 6.26. The second-order valence-electron chi connectivity index (χ2n) is 4.00. The zero-order chi connectivity index (χ0) is 11.3. The summed E-state index contributed by atoms with van der Waals surface area (Å²) in [5.74, 6) is 0.0687. The van der Waals surface area contributed by atoms with Crippen LogP contribution >= 0.6 is 12.4 Å². The fourth-order valence-electron chi connectivity index (χ4n) is 1.38. The van der Waals surface area contributed by atoms with E-state index in [9.17, 15) is 8.42 Å². The molecule has 98 valence electrons. The van der Waals surface area contributed by atoms with Crippen molar-refractivity contribution in [3.63, 3.8) is 0 Å². The van der Waals surface area contributed by atoms with Crippen molar-refractivity contribution in [3.05, 3.63) is 0 Å². The highest BCUT2D eigenvalue weighted by Gasteiger charge is 2.18. The third-order valence-corrected chi connectivity index (χ3v) is 3.22. The first-order valence-corrected chi connectivity index (χ1v) is 7.16. The normalized spacial score (nSPS) is 26.1. The first-order valence-electron chi connectivity index (χ1n) is 5.10. The van der Waals surface area contributed by atoms with Crippen LogP contribution in [0.15, 0.2) is 0 Å². The van der Waals surface area contributed by atoms with Gasteiger partial charge in [-0.3, -0.25) is 0 Å². The van der Waals surface area contributed by atoms with Crippen LogP contribution in [0.3, 0.4) is 0 Å². The van der Waals surface area contributed by atoms with Crippen molar-refractivity contribution in [1.29, 1.82) is 0 Å². The van der Waals surface area contributed by atoms with Gasteiger partial charge >= 0.3 is 0 Å². The Balaban J connectivity index is 0.00000225. The van der Waals surface area contributed by atoms with Crippen LogP contribution < -0.4 is 5.73 Å². The van der Waals surface area contributed by atoms with E-state index in [2.05, 4.69) is 0 Å². The number of sulfone groups is 1. The molecule has 1 aliphatic rings. The van der Waals surface area contributed by atoms with E-state index in [0.717, 1.165) is 12.8 Å². The molecule has 7 heteroatoms. The predicted molar refractivity (Wildman–Crippen MR) is 64.7 cm³/mol. The molecule has 1 heterocycles. The van der Waals surface area contributed by atoms with Crippen LogP contribution in [0.1, 0.15) is 12.8 Å². The standard InChI is InChI=1S/C9H19NO4S.ClH/c1-15(11,12)5-4-13-7-9-3-2-8(10)6-14-9;/h8-9H,2-7,10H2,1H3;1H/t8-,9?;/m0./s1. The Labute approximate surface area is 103 Å². The third kappa shape index (κ3) is 7.40. The molecule has 0 aromatic rings. The molecule has 0 amide bonds. The minimum atomic E-state index is -2.92. The predicted octanol–water partition coefficient (Wildman–Crippen LogP) is -0.0243. The van der Waals surface area contributed by atoms with E-state index < -0.39 is 9.84 Å². The Bertz CT molecular complexity index is 275. The lowest BCUT2D eigenvalue weighted by Gasteiger charge is -2.26. The molecule has 2 N–H and O–H groups in total. The number of halogens is 1. The minimum Gasteiger partial charge on any atom is -0.378 e. The molecule has 0 aromatic heterocycles. The van der Waals surface area contributed by atoms with Crippen molar-refractivity contribution in [2.24, 2.45) is 5.73 Å². The molecule has 5 nitrogen and oxygen atoms in total. The van der Waals surface area contributed by atoms with Crippen molar-refractivity contribution < 1.29 is 17.9 Å². The van der Waals surface area contributed by atoms with E-state index in [0.29, 0.717) is 13.2 Å².